The molecule has 4 rings (SSSR count). The van der Waals surface area contributed by atoms with E-state index in [1.54, 1.807) is 6.07 Å². The van der Waals surface area contributed by atoms with Crippen molar-refractivity contribution < 1.29 is 19.0 Å². The Morgan fingerprint density at radius 3 is 2.67 bits per heavy atom. The van der Waals surface area contributed by atoms with Gasteiger partial charge in [0.05, 0.1) is 5.56 Å². The monoisotopic (exact) mass is 404 g/mol. The normalized spacial score (nSPS) is 11.8. The molecule has 0 spiro atoms. The lowest BCUT2D eigenvalue weighted by molar-refractivity contribution is 0.0951. The Balaban J connectivity index is 1.30. The Kier molecular flexibility index (Phi) is 6.03. The minimum Gasteiger partial charge on any atom is -0.492 e. The average molecular weight is 404 g/mol. The fraction of sp³-hybridized carbons (Fsp3) is 0.208. The summed E-state index contributed by atoms with van der Waals surface area (Å²) in [6.45, 7) is 3.76. The molecule has 1 amide bonds. The van der Waals surface area contributed by atoms with Crippen molar-refractivity contribution >= 4 is 11.6 Å². The third-order valence-corrected chi connectivity index (χ3v) is 4.77. The minimum absolute atomic E-state index is 0.143. The van der Waals surface area contributed by atoms with Crippen LogP contribution in [0.25, 0.3) is 0 Å². The first-order valence-corrected chi connectivity index (χ1v) is 9.88. The Hall–Kier alpha value is -3.67. The van der Waals surface area contributed by atoms with Crippen LogP contribution in [-0.4, -0.2) is 25.9 Å². The third-order valence-electron chi connectivity index (χ3n) is 4.77. The highest BCUT2D eigenvalue weighted by atomic mass is 16.7. The Labute approximate surface area is 175 Å². The number of ether oxygens (including phenoxy) is 3. The molecular formula is C24H24N2O4. The van der Waals surface area contributed by atoms with Crippen LogP contribution in [0, 0.1) is 6.92 Å². The van der Waals surface area contributed by atoms with Gasteiger partial charge in [0, 0.05) is 18.8 Å². The Bertz CT molecular complexity index is 1020. The van der Waals surface area contributed by atoms with Gasteiger partial charge in [-0.3, -0.25) is 4.79 Å². The van der Waals surface area contributed by atoms with Crippen LogP contribution in [0.3, 0.4) is 0 Å². The van der Waals surface area contributed by atoms with E-state index < -0.39 is 0 Å². The number of benzene rings is 3. The fourth-order valence-electron chi connectivity index (χ4n) is 3.15. The molecule has 0 unspecified atom stereocenters. The Morgan fingerprint density at radius 1 is 1.00 bits per heavy atom. The van der Waals surface area contributed by atoms with Gasteiger partial charge in [-0.25, -0.2) is 0 Å². The molecule has 0 saturated carbocycles. The number of hydrogen-bond acceptors (Lipinski definition) is 5. The highest BCUT2D eigenvalue weighted by Gasteiger charge is 2.14. The molecule has 1 aliphatic rings. The molecule has 3 aromatic carbocycles. The van der Waals surface area contributed by atoms with Crippen molar-refractivity contribution in [2.24, 2.45) is 0 Å². The molecule has 0 aromatic heterocycles. The summed E-state index contributed by atoms with van der Waals surface area (Å²) in [4.78, 5) is 12.7. The quantitative estimate of drug-likeness (QED) is 0.552. The lowest BCUT2D eigenvalue weighted by atomic mass is 10.1. The number of amides is 1. The minimum atomic E-state index is -0.143. The van der Waals surface area contributed by atoms with Gasteiger partial charge in [0.2, 0.25) is 6.79 Å². The van der Waals surface area contributed by atoms with Gasteiger partial charge in [0.1, 0.15) is 12.4 Å². The third kappa shape index (κ3) is 4.84. The summed E-state index contributed by atoms with van der Waals surface area (Å²) in [7, 11) is 0. The van der Waals surface area contributed by atoms with Gasteiger partial charge in [-0.2, -0.15) is 0 Å². The first kappa shape index (κ1) is 19.6. The number of hydrogen-bond donors (Lipinski definition) is 2. The topological polar surface area (TPSA) is 68.8 Å². The number of para-hydroxylation sites is 1. The fourth-order valence-corrected chi connectivity index (χ4v) is 3.15. The van der Waals surface area contributed by atoms with Gasteiger partial charge in [-0.05, 0) is 48.9 Å². The van der Waals surface area contributed by atoms with E-state index in [0.29, 0.717) is 31.0 Å². The number of fused-ring (bicyclic) bond motifs is 1. The smallest absolute Gasteiger partial charge is 0.253 e. The SMILES string of the molecule is Cc1ccc(OCCNc2ccccc2C(=O)NCc2ccc3c(c2)OCO3)cc1. The molecule has 0 radical (unpaired) electrons. The molecule has 30 heavy (non-hydrogen) atoms. The van der Waals surface area contributed by atoms with Crippen LogP contribution in [0.1, 0.15) is 21.5 Å². The highest BCUT2D eigenvalue weighted by molar-refractivity contribution is 5.99. The molecule has 0 bridgehead atoms. The summed E-state index contributed by atoms with van der Waals surface area (Å²) in [6.07, 6.45) is 0. The van der Waals surface area contributed by atoms with Crippen LogP contribution in [0.4, 0.5) is 5.69 Å². The molecule has 2 N–H and O–H groups in total. The van der Waals surface area contributed by atoms with Crippen molar-refractivity contribution in [3.05, 3.63) is 83.4 Å². The predicted molar refractivity (Wildman–Crippen MR) is 115 cm³/mol. The standard InChI is InChI=1S/C24H24N2O4/c1-17-6-9-19(10-7-17)28-13-12-25-21-5-3-2-4-20(21)24(27)26-15-18-8-11-22-23(14-18)30-16-29-22/h2-11,14,25H,12-13,15-16H2,1H3,(H,26,27). The maximum Gasteiger partial charge on any atom is 0.253 e. The molecule has 6 heteroatoms. The van der Waals surface area contributed by atoms with Gasteiger partial charge in [-0.15, -0.1) is 0 Å². The summed E-state index contributed by atoms with van der Waals surface area (Å²) in [5.74, 6) is 2.12. The van der Waals surface area contributed by atoms with Gasteiger partial charge < -0.3 is 24.8 Å². The molecule has 0 aliphatic carbocycles. The van der Waals surface area contributed by atoms with Crippen LogP contribution in [-0.2, 0) is 6.54 Å². The molecule has 0 saturated heterocycles. The molecule has 6 nitrogen and oxygen atoms in total. The van der Waals surface area contributed by atoms with Crippen LogP contribution in [0.2, 0.25) is 0 Å². The zero-order valence-electron chi connectivity index (χ0n) is 16.8. The predicted octanol–water partition coefficient (Wildman–Crippen LogP) is 4.14. The number of rotatable bonds is 8. The lowest BCUT2D eigenvalue weighted by Gasteiger charge is -2.13. The first-order valence-electron chi connectivity index (χ1n) is 9.88. The van der Waals surface area contributed by atoms with Gasteiger partial charge >= 0.3 is 0 Å². The number of aryl methyl sites for hydroxylation is 1. The van der Waals surface area contributed by atoms with Gasteiger partial charge in [0.25, 0.3) is 5.91 Å². The van der Waals surface area contributed by atoms with E-state index in [2.05, 4.69) is 10.6 Å². The summed E-state index contributed by atoms with van der Waals surface area (Å²) < 4.78 is 16.4. The summed E-state index contributed by atoms with van der Waals surface area (Å²) in [5.41, 5.74) is 3.51. The number of carbonyl (C=O) groups is 1. The summed E-state index contributed by atoms with van der Waals surface area (Å²) in [6, 6.07) is 21.0. The van der Waals surface area contributed by atoms with Crippen molar-refractivity contribution in [3.63, 3.8) is 0 Å². The molecular weight excluding hydrogens is 380 g/mol. The van der Waals surface area contributed by atoms with E-state index in [1.807, 2.05) is 67.6 Å². The molecule has 3 aromatic rings. The zero-order chi connectivity index (χ0) is 20.8. The second kappa shape index (κ2) is 9.22. The second-order valence-corrected chi connectivity index (χ2v) is 7.00. The van der Waals surface area contributed by atoms with E-state index in [0.717, 1.165) is 22.7 Å². The van der Waals surface area contributed by atoms with Crippen LogP contribution in [0.5, 0.6) is 17.2 Å². The number of carbonyl (C=O) groups excluding carboxylic acids is 1. The van der Waals surface area contributed by atoms with Crippen LogP contribution < -0.4 is 24.8 Å². The van der Waals surface area contributed by atoms with Crippen molar-refractivity contribution in [2.45, 2.75) is 13.5 Å². The summed E-state index contributed by atoms with van der Waals surface area (Å²) >= 11 is 0. The van der Waals surface area contributed by atoms with Crippen LogP contribution in [0.15, 0.2) is 66.7 Å². The van der Waals surface area contributed by atoms with Crippen LogP contribution >= 0.6 is 0 Å². The van der Waals surface area contributed by atoms with Gasteiger partial charge in [-0.1, -0.05) is 35.9 Å². The van der Waals surface area contributed by atoms with E-state index in [1.165, 1.54) is 5.56 Å². The highest BCUT2D eigenvalue weighted by Crippen LogP contribution is 2.32. The molecule has 154 valence electrons. The largest absolute Gasteiger partial charge is 0.492 e. The van der Waals surface area contributed by atoms with Crippen molar-refractivity contribution in [1.29, 1.82) is 0 Å². The molecule has 0 atom stereocenters. The number of anilines is 1. The first-order chi connectivity index (χ1) is 14.7. The van der Waals surface area contributed by atoms with E-state index in [-0.39, 0.29) is 12.7 Å². The molecule has 1 aliphatic heterocycles. The zero-order valence-corrected chi connectivity index (χ0v) is 16.8. The Morgan fingerprint density at radius 2 is 1.80 bits per heavy atom. The maximum absolute atomic E-state index is 12.7. The van der Waals surface area contributed by atoms with Crippen molar-refractivity contribution in [3.8, 4) is 17.2 Å². The summed E-state index contributed by atoms with van der Waals surface area (Å²) in [5, 5.41) is 6.25. The average Bonchev–Trinajstić information content (AvgIpc) is 3.24. The van der Waals surface area contributed by atoms with E-state index in [4.69, 9.17) is 14.2 Å². The van der Waals surface area contributed by atoms with E-state index in [9.17, 15) is 4.79 Å². The lowest BCUT2D eigenvalue weighted by Crippen LogP contribution is -2.24. The van der Waals surface area contributed by atoms with Crippen molar-refractivity contribution in [2.75, 3.05) is 25.3 Å². The van der Waals surface area contributed by atoms with E-state index >= 15 is 0 Å². The maximum atomic E-state index is 12.7. The second-order valence-electron chi connectivity index (χ2n) is 7.00. The van der Waals surface area contributed by atoms with Gasteiger partial charge in [0.15, 0.2) is 11.5 Å². The molecule has 1 heterocycles. The number of nitrogens with one attached hydrogen (secondary N) is 2. The van der Waals surface area contributed by atoms with Crippen molar-refractivity contribution in [1.82, 2.24) is 5.32 Å². The molecule has 0 fully saturated rings.